The Morgan fingerprint density at radius 1 is 1.45 bits per heavy atom. The smallest absolute Gasteiger partial charge is 0.224 e. The summed E-state index contributed by atoms with van der Waals surface area (Å²) >= 11 is 5.81. The normalized spacial score (nSPS) is 27.7. The molecule has 0 aromatic carbocycles. The number of halogens is 2. The Balaban J connectivity index is 1.60. The third kappa shape index (κ3) is 5.68. The first-order chi connectivity index (χ1) is 14.8. The Kier molecular flexibility index (Phi) is 7.78. The lowest BCUT2D eigenvalue weighted by Crippen LogP contribution is -2.47. The van der Waals surface area contributed by atoms with Crippen LogP contribution in [-0.2, 0) is 4.79 Å². The highest BCUT2D eigenvalue weighted by atomic mass is 35.5. The Morgan fingerprint density at radius 2 is 2.23 bits per heavy atom. The predicted octanol–water partition coefficient (Wildman–Crippen LogP) is 3.33. The van der Waals surface area contributed by atoms with Crippen molar-refractivity contribution >= 4 is 29.0 Å². The van der Waals surface area contributed by atoms with Gasteiger partial charge in [-0.05, 0) is 68.7 Å². The number of fused-ring (bicyclic) bond motifs is 2. The van der Waals surface area contributed by atoms with E-state index in [1.54, 1.807) is 6.08 Å². The molecule has 2 bridgehead atoms. The number of aromatic nitrogens is 2. The van der Waals surface area contributed by atoms with Crippen molar-refractivity contribution in [2.24, 2.45) is 29.4 Å². The molecule has 0 aliphatic heterocycles. The van der Waals surface area contributed by atoms with Crippen molar-refractivity contribution in [2.45, 2.75) is 39.2 Å². The van der Waals surface area contributed by atoms with Gasteiger partial charge in [0.2, 0.25) is 11.2 Å². The summed E-state index contributed by atoms with van der Waals surface area (Å²) in [6.07, 6.45) is 9.24. The van der Waals surface area contributed by atoms with Crippen LogP contribution in [0.2, 0.25) is 5.28 Å². The van der Waals surface area contributed by atoms with E-state index in [1.807, 2.05) is 19.9 Å². The van der Waals surface area contributed by atoms with Crippen molar-refractivity contribution < 1.29 is 9.18 Å². The first-order valence-corrected chi connectivity index (χ1v) is 11.0. The first kappa shape index (κ1) is 23.3. The summed E-state index contributed by atoms with van der Waals surface area (Å²) in [5.41, 5.74) is 7.42. The van der Waals surface area contributed by atoms with Crippen LogP contribution in [0, 0.1) is 34.9 Å². The largest absolute Gasteiger partial charge is 0.369 e. The number of hydrogen-bond donors (Lipinski definition) is 4. The second kappa shape index (κ2) is 10.3. The number of anilines is 1. The summed E-state index contributed by atoms with van der Waals surface area (Å²) < 4.78 is 14.2. The lowest BCUT2D eigenvalue weighted by molar-refractivity contribution is -0.123. The summed E-state index contributed by atoms with van der Waals surface area (Å²) in [5.74, 6) is -0.574. The van der Waals surface area contributed by atoms with Gasteiger partial charge in [-0.1, -0.05) is 17.7 Å². The average Bonchev–Trinajstić information content (AvgIpc) is 3.26. The molecule has 1 aromatic rings. The van der Waals surface area contributed by atoms with Crippen molar-refractivity contribution in [3.63, 3.8) is 0 Å². The molecule has 7 nitrogen and oxygen atoms in total. The van der Waals surface area contributed by atoms with Crippen LogP contribution < -0.4 is 16.4 Å². The fourth-order valence-electron chi connectivity index (χ4n) is 5.09. The molecule has 2 fully saturated rings. The number of carbonyl (C=O) groups excluding carboxylic acids is 1. The maximum atomic E-state index is 14.2. The fraction of sp³-hybridized carbons (Fsp3) is 0.545. The second-order valence-electron chi connectivity index (χ2n) is 8.50. The molecule has 2 aliphatic rings. The van der Waals surface area contributed by atoms with Crippen LogP contribution in [0.3, 0.4) is 0 Å². The number of allylic oxidation sites excluding steroid dienone is 3. The van der Waals surface area contributed by atoms with Crippen LogP contribution in [0.15, 0.2) is 30.0 Å². The maximum absolute atomic E-state index is 14.2. The highest BCUT2D eigenvalue weighted by molar-refractivity contribution is 6.28. The molecule has 0 spiro atoms. The van der Waals surface area contributed by atoms with Gasteiger partial charge in [0.15, 0.2) is 11.6 Å². The minimum atomic E-state index is -0.603. The topological polar surface area (TPSA) is 117 Å². The number of primary amides is 1. The monoisotopic (exact) mass is 448 g/mol. The minimum Gasteiger partial charge on any atom is -0.369 e. The molecule has 9 heteroatoms. The molecule has 0 radical (unpaired) electrons. The van der Waals surface area contributed by atoms with Crippen LogP contribution in [0.1, 0.15) is 33.1 Å². The van der Waals surface area contributed by atoms with Gasteiger partial charge < -0.3 is 21.8 Å². The second-order valence-corrected chi connectivity index (χ2v) is 8.84. The third-order valence-electron chi connectivity index (χ3n) is 6.33. The Morgan fingerprint density at radius 3 is 2.94 bits per heavy atom. The molecule has 5 unspecified atom stereocenters. The zero-order valence-electron chi connectivity index (χ0n) is 17.9. The van der Waals surface area contributed by atoms with Crippen molar-refractivity contribution in [3.8, 4) is 0 Å². The Labute approximate surface area is 187 Å². The summed E-state index contributed by atoms with van der Waals surface area (Å²) in [5, 5.41) is 14.4. The van der Waals surface area contributed by atoms with Gasteiger partial charge >= 0.3 is 0 Å². The molecule has 3 rings (SSSR count). The Hall–Kier alpha value is -2.32. The fourth-order valence-corrected chi connectivity index (χ4v) is 5.22. The van der Waals surface area contributed by atoms with Gasteiger partial charge in [0.25, 0.3) is 0 Å². The zero-order valence-corrected chi connectivity index (χ0v) is 18.6. The molecule has 2 aliphatic carbocycles. The SMILES string of the molecule is C/C=C\C(=N)C/C(C)=C/CNCC1CC2CC1C(Nc1nc(Cl)ncc1F)C2C(N)=O. The summed E-state index contributed by atoms with van der Waals surface area (Å²) in [6.45, 7) is 5.45. The lowest BCUT2D eigenvalue weighted by atomic mass is 9.77. The summed E-state index contributed by atoms with van der Waals surface area (Å²) in [7, 11) is 0. The quantitative estimate of drug-likeness (QED) is 0.189. The van der Waals surface area contributed by atoms with E-state index < -0.39 is 5.82 Å². The van der Waals surface area contributed by atoms with E-state index in [-0.39, 0.29) is 40.8 Å². The maximum Gasteiger partial charge on any atom is 0.224 e. The molecule has 5 N–H and O–H groups in total. The van der Waals surface area contributed by atoms with Gasteiger partial charge in [0.05, 0.1) is 12.1 Å². The highest BCUT2D eigenvalue weighted by Gasteiger charge is 2.54. The van der Waals surface area contributed by atoms with Crippen molar-refractivity contribution in [1.29, 1.82) is 5.41 Å². The van der Waals surface area contributed by atoms with E-state index in [1.165, 1.54) is 0 Å². The van der Waals surface area contributed by atoms with Gasteiger partial charge in [-0.3, -0.25) is 4.79 Å². The Bertz CT molecular complexity index is 889. The number of carbonyl (C=O) groups is 1. The molecule has 1 aromatic heterocycles. The molecular weight excluding hydrogens is 419 g/mol. The molecule has 31 heavy (non-hydrogen) atoms. The number of nitrogens with zero attached hydrogens (tertiary/aromatic N) is 2. The molecule has 1 heterocycles. The zero-order chi connectivity index (χ0) is 22.5. The molecular formula is C22H30ClFN6O. The number of nitrogens with one attached hydrogen (secondary N) is 3. The van der Waals surface area contributed by atoms with Gasteiger partial charge in [0, 0.05) is 24.7 Å². The van der Waals surface area contributed by atoms with Crippen LogP contribution in [0.5, 0.6) is 0 Å². The molecule has 1 amide bonds. The average molecular weight is 449 g/mol. The first-order valence-electron chi connectivity index (χ1n) is 10.6. The van der Waals surface area contributed by atoms with Gasteiger partial charge in [-0.25, -0.2) is 9.37 Å². The number of nitrogens with two attached hydrogens (primary N) is 1. The van der Waals surface area contributed by atoms with E-state index in [2.05, 4.69) is 26.7 Å². The molecule has 168 valence electrons. The summed E-state index contributed by atoms with van der Waals surface area (Å²) in [4.78, 5) is 19.7. The van der Waals surface area contributed by atoms with Crippen molar-refractivity contribution in [2.75, 3.05) is 18.4 Å². The van der Waals surface area contributed by atoms with E-state index >= 15 is 0 Å². The molecule has 5 atom stereocenters. The standard InChI is InChI=1S/C22H30ClFN6O/c1-3-4-15(25)7-12(2)5-6-27-10-14-8-13-9-16(14)19(18(13)20(26)31)29-21-17(24)11-28-22(23)30-21/h3-5,11,13-14,16,18-19,25,27H,6-10H2,1-2H3,(H2,26,31)(H,28,29,30)/b4-3-,12-5+,25-15?. The van der Waals surface area contributed by atoms with E-state index in [9.17, 15) is 9.18 Å². The van der Waals surface area contributed by atoms with Gasteiger partial charge in [0.1, 0.15) is 0 Å². The number of hydrogen-bond acceptors (Lipinski definition) is 6. The van der Waals surface area contributed by atoms with Crippen LogP contribution in [0.25, 0.3) is 0 Å². The predicted molar refractivity (Wildman–Crippen MR) is 121 cm³/mol. The third-order valence-corrected chi connectivity index (χ3v) is 6.51. The van der Waals surface area contributed by atoms with Crippen molar-refractivity contribution in [3.05, 3.63) is 41.1 Å². The van der Waals surface area contributed by atoms with E-state index in [0.29, 0.717) is 18.1 Å². The van der Waals surface area contributed by atoms with E-state index in [0.717, 1.165) is 37.7 Å². The van der Waals surface area contributed by atoms with Crippen LogP contribution in [-0.4, -0.2) is 40.7 Å². The van der Waals surface area contributed by atoms with Gasteiger partial charge in [-0.15, -0.1) is 0 Å². The lowest BCUT2D eigenvalue weighted by Gasteiger charge is -2.35. The van der Waals surface area contributed by atoms with Gasteiger partial charge in [-0.2, -0.15) is 4.98 Å². The minimum absolute atomic E-state index is 0.0117. The molecule has 2 saturated carbocycles. The van der Waals surface area contributed by atoms with Crippen molar-refractivity contribution in [1.82, 2.24) is 15.3 Å². The van der Waals surface area contributed by atoms with Crippen LogP contribution in [0.4, 0.5) is 10.2 Å². The van der Waals surface area contributed by atoms with Crippen LogP contribution >= 0.6 is 11.6 Å². The number of amides is 1. The number of rotatable bonds is 10. The molecule has 0 saturated heterocycles. The van der Waals surface area contributed by atoms with E-state index in [4.69, 9.17) is 22.7 Å². The highest BCUT2D eigenvalue weighted by Crippen LogP contribution is 2.52. The summed E-state index contributed by atoms with van der Waals surface area (Å²) in [6, 6.07) is -0.276.